The van der Waals surface area contributed by atoms with E-state index >= 15 is 0 Å². The number of allylic oxidation sites excluding steroid dienone is 2. The van der Waals surface area contributed by atoms with Gasteiger partial charge in [-0.25, -0.2) is 4.99 Å². The highest BCUT2D eigenvalue weighted by molar-refractivity contribution is 6.30. The summed E-state index contributed by atoms with van der Waals surface area (Å²) in [6.45, 7) is 0.254. The van der Waals surface area contributed by atoms with Crippen molar-refractivity contribution < 1.29 is 14.2 Å². The van der Waals surface area contributed by atoms with Crippen molar-refractivity contribution in [3.8, 4) is 0 Å². The number of methoxy groups -OCH3 is 2. The van der Waals surface area contributed by atoms with Crippen LogP contribution in [0.15, 0.2) is 47.2 Å². The average molecular weight is 335 g/mol. The van der Waals surface area contributed by atoms with Crippen molar-refractivity contribution in [2.45, 2.75) is 12.2 Å². The molecular formula is C17H19ClN2O3. The number of aliphatic imine (C=N–C) groups is 1. The molecule has 1 aromatic rings. The smallest absolute Gasteiger partial charge is 0.126 e. The molecule has 3 unspecified atom stereocenters. The SMILES string of the molecule is COC1=CC=CC(C2OCC(N)=Nc3ccc(Cl)cc32)C1OC. The molecule has 0 saturated carbocycles. The van der Waals surface area contributed by atoms with Crippen LogP contribution in [0.1, 0.15) is 11.7 Å². The van der Waals surface area contributed by atoms with E-state index in [2.05, 4.69) is 4.99 Å². The third kappa shape index (κ3) is 3.13. The van der Waals surface area contributed by atoms with Crippen molar-refractivity contribution in [3.05, 3.63) is 52.8 Å². The lowest BCUT2D eigenvalue weighted by Crippen LogP contribution is -2.33. The molecule has 122 valence electrons. The Morgan fingerprint density at radius 2 is 2.17 bits per heavy atom. The van der Waals surface area contributed by atoms with Gasteiger partial charge in [-0.3, -0.25) is 0 Å². The quantitative estimate of drug-likeness (QED) is 0.922. The first kappa shape index (κ1) is 16.1. The number of nitrogens with two attached hydrogens (primary N) is 1. The Kier molecular flexibility index (Phi) is 4.71. The van der Waals surface area contributed by atoms with Crippen molar-refractivity contribution in [1.82, 2.24) is 0 Å². The minimum absolute atomic E-state index is 0.0710. The van der Waals surface area contributed by atoms with Crippen LogP contribution < -0.4 is 5.73 Å². The maximum Gasteiger partial charge on any atom is 0.126 e. The molecule has 5 nitrogen and oxygen atoms in total. The van der Waals surface area contributed by atoms with Crippen LogP contribution in [0, 0.1) is 5.92 Å². The molecule has 0 radical (unpaired) electrons. The number of nitrogens with zero attached hydrogens (tertiary/aromatic N) is 1. The summed E-state index contributed by atoms with van der Waals surface area (Å²) in [6, 6.07) is 5.52. The molecule has 0 aromatic heterocycles. The summed E-state index contributed by atoms with van der Waals surface area (Å²) in [5.41, 5.74) is 7.57. The molecular weight excluding hydrogens is 316 g/mol. The number of rotatable bonds is 3. The first-order valence-corrected chi connectivity index (χ1v) is 7.71. The van der Waals surface area contributed by atoms with Crippen LogP contribution in [0.3, 0.4) is 0 Å². The zero-order valence-corrected chi connectivity index (χ0v) is 13.8. The van der Waals surface area contributed by atoms with E-state index in [4.69, 9.17) is 31.5 Å². The number of amidine groups is 1. The van der Waals surface area contributed by atoms with Crippen LogP contribution in [0.2, 0.25) is 5.02 Å². The van der Waals surface area contributed by atoms with Crippen molar-refractivity contribution in [1.29, 1.82) is 0 Å². The lowest BCUT2D eigenvalue weighted by atomic mass is 9.86. The Bertz CT molecular complexity index is 684. The number of hydrogen-bond donors (Lipinski definition) is 1. The molecule has 0 bridgehead atoms. The number of ether oxygens (including phenoxy) is 3. The van der Waals surface area contributed by atoms with E-state index in [0.29, 0.717) is 10.9 Å². The van der Waals surface area contributed by atoms with Gasteiger partial charge in [0.25, 0.3) is 0 Å². The minimum atomic E-state index is -0.284. The fourth-order valence-corrected chi connectivity index (χ4v) is 3.19. The Hall–Kier alpha value is -1.82. The third-order valence-corrected chi connectivity index (χ3v) is 4.27. The Balaban J connectivity index is 2.03. The lowest BCUT2D eigenvalue weighted by molar-refractivity contribution is -0.0274. The standard InChI is InChI=1S/C17H19ClN2O3/c1-21-14-5-3-4-11(17(14)22-2)16-12-8-10(18)6-7-13(12)20-15(19)9-23-16/h3-8,11,16-17H,9H2,1-2H3,(H2,19,20). The predicted octanol–water partition coefficient (Wildman–Crippen LogP) is 3.13. The summed E-state index contributed by atoms with van der Waals surface area (Å²) in [6.07, 6.45) is 5.36. The number of halogens is 1. The molecule has 0 saturated heterocycles. The van der Waals surface area contributed by atoms with E-state index < -0.39 is 0 Å². The molecule has 23 heavy (non-hydrogen) atoms. The van der Waals surface area contributed by atoms with Crippen LogP contribution in [0.5, 0.6) is 0 Å². The fraction of sp³-hybridized carbons (Fsp3) is 0.353. The highest BCUT2D eigenvalue weighted by Crippen LogP contribution is 2.41. The minimum Gasteiger partial charge on any atom is -0.498 e. The Morgan fingerprint density at radius 3 is 2.91 bits per heavy atom. The summed E-state index contributed by atoms with van der Waals surface area (Å²) >= 11 is 6.18. The van der Waals surface area contributed by atoms with Crippen LogP contribution in [0.25, 0.3) is 0 Å². The average Bonchev–Trinajstić information content (AvgIpc) is 2.72. The van der Waals surface area contributed by atoms with Crippen molar-refractivity contribution in [3.63, 3.8) is 0 Å². The van der Waals surface area contributed by atoms with E-state index in [1.807, 2.05) is 30.4 Å². The maximum absolute atomic E-state index is 6.18. The fourth-order valence-electron chi connectivity index (χ4n) is 3.01. The zero-order valence-electron chi connectivity index (χ0n) is 13.0. The monoisotopic (exact) mass is 334 g/mol. The second-order valence-electron chi connectivity index (χ2n) is 5.43. The van der Waals surface area contributed by atoms with Gasteiger partial charge < -0.3 is 19.9 Å². The molecule has 3 rings (SSSR count). The first-order valence-electron chi connectivity index (χ1n) is 7.33. The topological polar surface area (TPSA) is 66.1 Å². The van der Waals surface area contributed by atoms with Gasteiger partial charge in [0, 0.05) is 23.6 Å². The van der Waals surface area contributed by atoms with Crippen molar-refractivity contribution in [2.24, 2.45) is 16.6 Å². The second-order valence-corrected chi connectivity index (χ2v) is 5.87. The summed E-state index contributed by atoms with van der Waals surface area (Å²) in [4.78, 5) is 4.42. The largest absolute Gasteiger partial charge is 0.498 e. The summed E-state index contributed by atoms with van der Waals surface area (Å²) in [5, 5.41) is 0.629. The Labute approximate surface area is 140 Å². The first-order chi connectivity index (χ1) is 11.1. The summed E-state index contributed by atoms with van der Waals surface area (Å²) in [5.74, 6) is 1.12. The zero-order chi connectivity index (χ0) is 16.4. The van der Waals surface area contributed by atoms with E-state index in [1.165, 1.54) is 0 Å². The molecule has 6 heteroatoms. The van der Waals surface area contributed by atoms with E-state index in [1.54, 1.807) is 20.3 Å². The number of benzene rings is 1. The lowest BCUT2D eigenvalue weighted by Gasteiger charge is -2.33. The summed E-state index contributed by atoms with van der Waals surface area (Å²) < 4.78 is 17.1. The molecule has 0 fully saturated rings. The van der Waals surface area contributed by atoms with E-state index in [-0.39, 0.29) is 24.7 Å². The third-order valence-electron chi connectivity index (χ3n) is 4.03. The molecule has 1 aromatic carbocycles. The van der Waals surface area contributed by atoms with E-state index in [9.17, 15) is 0 Å². The molecule has 2 N–H and O–H groups in total. The number of hydrogen-bond acceptors (Lipinski definition) is 5. The highest BCUT2D eigenvalue weighted by Gasteiger charge is 2.36. The van der Waals surface area contributed by atoms with Gasteiger partial charge in [0.15, 0.2) is 0 Å². The molecule has 2 aliphatic rings. The molecule has 0 amide bonds. The second kappa shape index (κ2) is 6.74. The van der Waals surface area contributed by atoms with Crippen LogP contribution in [-0.4, -0.2) is 32.8 Å². The van der Waals surface area contributed by atoms with Gasteiger partial charge in [0.1, 0.15) is 24.3 Å². The van der Waals surface area contributed by atoms with Gasteiger partial charge in [-0.2, -0.15) is 0 Å². The predicted molar refractivity (Wildman–Crippen MR) is 89.9 cm³/mol. The molecule has 1 heterocycles. The van der Waals surface area contributed by atoms with Gasteiger partial charge >= 0.3 is 0 Å². The van der Waals surface area contributed by atoms with Gasteiger partial charge in [-0.15, -0.1) is 0 Å². The molecule has 1 aliphatic heterocycles. The number of fused-ring (bicyclic) bond motifs is 1. The van der Waals surface area contributed by atoms with Crippen LogP contribution in [-0.2, 0) is 14.2 Å². The molecule has 0 spiro atoms. The highest BCUT2D eigenvalue weighted by atomic mass is 35.5. The van der Waals surface area contributed by atoms with Crippen molar-refractivity contribution >= 4 is 23.1 Å². The van der Waals surface area contributed by atoms with Crippen LogP contribution >= 0.6 is 11.6 Å². The van der Waals surface area contributed by atoms with Crippen LogP contribution in [0.4, 0.5) is 5.69 Å². The van der Waals surface area contributed by atoms with Gasteiger partial charge in [-0.05, 0) is 24.3 Å². The van der Waals surface area contributed by atoms with Gasteiger partial charge in [0.2, 0.25) is 0 Å². The maximum atomic E-state index is 6.18. The molecule has 1 aliphatic carbocycles. The van der Waals surface area contributed by atoms with Gasteiger partial charge in [-0.1, -0.05) is 23.8 Å². The Morgan fingerprint density at radius 1 is 1.35 bits per heavy atom. The molecule has 3 atom stereocenters. The van der Waals surface area contributed by atoms with Crippen molar-refractivity contribution in [2.75, 3.05) is 20.8 Å². The van der Waals surface area contributed by atoms with Gasteiger partial charge in [0.05, 0.1) is 18.9 Å². The normalized spacial score (nSPS) is 26.8. The van der Waals surface area contributed by atoms with E-state index in [0.717, 1.165) is 17.0 Å². The summed E-state index contributed by atoms with van der Waals surface area (Å²) in [7, 11) is 3.29.